The average molecular weight is 615 g/mol. The Morgan fingerprint density at radius 2 is 1.97 bits per heavy atom. The first-order valence-electron chi connectivity index (χ1n) is 12.3. The van der Waals surface area contributed by atoms with E-state index >= 15 is 0 Å². The Hall–Kier alpha value is -3.70. The zero-order chi connectivity index (χ0) is 27.9. The van der Waals surface area contributed by atoms with Gasteiger partial charge in [-0.25, -0.2) is 10.2 Å². The summed E-state index contributed by atoms with van der Waals surface area (Å²) in [7, 11) is 1.53. The molecule has 1 heterocycles. The molecule has 0 spiro atoms. The van der Waals surface area contributed by atoms with Gasteiger partial charge in [0.2, 0.25) is 0 Å². The molecule has 2 amide bonds. The summed E-state index contributed by atoms with van der Waals surface area (Å²) in [6, 6.07) is 11.5. The van der Waals surface area contributed by atoms with Crippen molar-refractivity contribution < 1.29 is 28.6 Å². The summed E-state index contributed by atoms with van der Waals surface area (Å²) in [4.78, 5) is 38.5. The van der Waals surface area contributed by atoms with Gasteiger partial charge in [0.25, 0.3) is 0 Å². The Labute approximate surface area is 238 Å². The van der Waals surface area contributed by atoms with Gasteiger partial charge in [-0.05, 0) is 77.9 Å². The fourth-order valence-corrected chi connectivity index (χ4v) is 6.05. The maximum Gasteiger partial charge on any atom is 0.341 e. The third-order valence-corrected chi connectivity index (χ3v) is 7.73. The van der Waals surface area contributed by atoms with E-state index in [0.29, 0.717) is 38.7 Å². The van der Waals surface area contributed by atoms with Gasteiger partial charge in [-0.2, -0.15) is 5.10 Å². The molecular weight excluding hydrogens is 586 g/mol. The number of carbonyl (C=O) groups excluding carboxylic acids is 3. The molecule has 4 rings (SSSR count). The van der Waals surface area contributed by atoms with Crippen LogP contribution in [0.1, 0.15) is 50.8 Å². The van der Waals surface area contributed by atoms with Gasteiger partial charge < -0.3 is 19.5 Å². The van der Waals surface area contributed by atoms with Crippen molar-refractivity contribution in [3.8, 4) is 11.5 Å². The van der Waals surface area contributed by atoms with E-state index in [4.69, 9.17) is 14.2 Å². The molecule has 0 radical (unpaired) electrons. The number of halogens is 1. The minimum Gasteiger partial charge on any atom is -0.493 e. The molecule has 2 N–H and O–H groups in total. The molecule has 0 bridgehead atoms. The van der Waals surface area contributed by atoms with Crippen LogP contribution in [-0.2, 0) is 33.8 Å². The van der Waals surface area contributed by atoms with E-state index in [2.05, 4.69) is 31.8 Å². The third-order valence-electron chi connectivity index (χ3n) is 5.93. The third kappa shape index (κ3) is 6.85. The van der Waals surface area contributed by atoms with Crippen molar-refractivity contribution in [3.63, 3.8) is 0 Å². The summed E-state index contributed by atoms with van der Waals surface area (Å²) < 4.78 is 17.3. The normalized spacial score (nSPS) is 12.2. The van der Waals surface area contributed by atoms with E-state index in [-0.39, 0.29) is 6.61 Å². The number of rotatable bonds is 9. The predicted molar refractivity (Wildman–Crippen MR) is 153 cm³/mol. The Bertz CT molecular complexity index is 1430. The van der Waals surface area contributed by atoms with Gasteiger partial charge in [-0.1, -0.05) is 29.8 Å². The smallest absolute Gasteiger partial charge is 0.341 e. The second-order valence-corrected chi connectivity index (χ2v) is 10.7. The number of carbonyl (C=O) groups is 3. The summed E-state index contributed by atoms with van der Waals surface area (Å²) in [6.07, 6.45) is 3.89. The number of anilines is 1. The number of fused-ring (bicyclic) bond motifs is 1. The van der Waals surface area contributed by atoms with Crippen molar-refractivity contribution in [2.75, 3.05) is 19.0 Å². The number of amides is 2. The number of hydrogen-bond acceptors (Lipinski definition) is 8. The molecule has 0 saturated carbocycles. The van der Waals surface area contributed by atoms with Crippen LogP contribution >= 0.6 is 27.3 Å². The Balaban J connectivity index is 1.39. The number of nitrogens with one attached hydrogen (secondary N) is 2. The van der Waals surface area contributed by atoms with Crippen molar-refractivity contribution in [2.45, 2.75) is 39.7 Å². The summed E-state index contributed by atoms with van der Waals surface area (Å²) in [5.74, 6) is -1.41. The van der Waals surface area contributed by atoms with Gasteiger partial charge in [0, 0.05) is 4.88 Å². The minimum atomic E-state index is -0.973. The highest BCUT2D eigenvalue weighted by Gasteiger charge is 2.29. The number of hydrazone groups is 1. The fraction of sp³-hybridized carbons (Fsp3) is 0.286. The number of aryl methyl sites for hydroxylation is 2. The molecule has 39 heavy (non-hydrogen) atoms. The van der Waals surface area contributed by atoms with Gasteiger partial charge >= 0.3 is 17.8 Å². The molecule has 2 aromatic carbocycles. The van der Waals surface area contributed by atoms with E-state index < -0.39 is 17.8 Å². The number of methoxy groups -OCH3 is 1. The number of hydrogen-bond donors (Lipinski definition) is 2. The first-order valence-corrected chi connectivity index (χ1v) is 13.9. The molecule has 0 atom stereocenters. The highest BCUT2D eigenvalue weighted by atomic mass is 79.9. The quantitative estimate of drug-likeness (QED) is 0.149. The lowest BCUT2D eigenvalue weighted by molar-refractivity contribution is -0.136. The molecule has 1 aliphatic rings. The molecule has 204 valence electrons. The molecule has 1 aliphatic carbocycles. The van der Waals surface area contributed by atoms with Crippen LogP contribution in [0.3, 0.4) is 0 Å². The van der Waals surface area contributed by atoms with Crippen LogP contribution in [0.2, 0.25) is 0 Å². The Morgan fingerprint density at radius 3 is 2.72 bits per heavy atom. The van der Waals surface area contributed by atoms with Crippen LogP contribution in [0.4, 0.5) is 5.00 Å². The lowest BCUT2D eigenvalue weighted by Gasteiger charge is -2.14. The first kappa shape index (κ1) is 28.3. The summed E-state index contributed by atoms with van der Waals surface area (Å²) in [6.45, 7) is 4.31. The van der Waals surface area contributed by atoms with Crippen molar-refractivity contribution in [2.24, 2.45) is 5.10 Å². The lowest BCUT2D eigenvalue weighted by Crippen LogP contribution is -2.32. The zero-order valence-electron chi connectivity index (χ0n) is 21.8. The maximum atomic E-state index is 12.5. The molecule has 3 aromatic rings. The fourth-order valence-electron chi connectivity index (χ4n) is 4.20. The average Bonchev–Trinajstić information content (AvgIpc) is 3.48. The highest BCUT2D eigenvalue weighted by Crippen LogP contribution is 2.39. The molecule has 0 fully saturated rings. The topological polar surface area (TPSA) is 115 Å². The highest BCUT2D eigenvalue weighted by molar-refractivity contribution is 9.10. The lowest BCUT2D eigenvalue weighted by atomic mass is 10.1. The standard InChI is InChI=1S/C28H28BrN3O6S/c1-4-37-28(35)23-19-9-6-10-22(19)39-27(23)31-25(33)26(34)32-30-14-18-12-20(29)24(21(13-18)36-3)38-15-17-8-5-7-16(2)11-17/h5,7-8,11-14H,4,6,9-10,15H2,1-3H3,(H,31,33)(H,32,34)/b30-14+. The van der Waals surface area contributed by atoms with E-state index in [1.807, 2.05) is 31.2 Å². The van der Waals surface area contributed by atoms with Crippen LogP contribution < -0.4 is 20.2 Å². The largest absolute Gasteiger partial charge is 0.493 e. The summed E-state index contributed by atoms with van der Waals surface area (Å²) >= 11 is 4.80. The minimum absolute atomic E-state index is 0.215. The zero-order valence-corrected chi connectivity index (χ0v) is 24.2. The van der Waals surface area contributed by atoms with Crippen LogP contribution in [0, 0.1) is 6.92 Å². The van der Waals surface area contributed by atoms with Gasteiger partial charge in [-0.15, -0.1) is 11.3 Å². The van der Waals surface area contributed by atoms with Gasteiger partial charge in [0.15, 0.2) is 11.5 Å². The number of benzene rings is 2. The number of ether oxygens (including phenoxy) is 3. The van der Waals surface area contributed by atoms with Crippen molar-refractivity contribution >= 4 is 56.3 Å². The van der Waals surface area contributed by atoms with E-state index in [9.17, 15) is 14.4 Å². The molecule has 11 heteroatoms. The van der Waals surface area contributed by atoms with Gasteiger partial charge in [0.05, 0.1) is 30.0 Å². The Kier molecular flexibility index (Phi) is 9.36. The van der Waals surface area contributed by atoms with Gasteiger partial charge in [0.1, 0.15) is 11.6 Å². The van der Waals surface area contributed by atoms with E-state index in [1.165, 1.54) is 24.7 Å². The van der Waals surface area contributed by atoms with Crippen LogP contribution in [0.5, 0.6) is 11.5 Å². The molecular formula is C28H28BrN3O6S. The first-order chi connectivity index (χ1) is 18.8. The molecule has 0 saturated heterocycles. The van der Waals surface area contributed by atoms with Crippen molar-refractivity contribution in [1.29, 1.82) is 0 Å². The predicted octanol–water partition coefficient (Wildman–Crippen LogP) is 5.16. The second-order valence-electron chi connectivity index (χ2n) is 8.75. The van der Waals surface area contributed by atoms with Crippen LogP contribution in [-0.4, -0.2) is 37.7 Å². The summed E-state index contributed by atoms with van der Waals surface area (Å²) in [5, 5.41) is 6.76. The van der Waals surface area contributed by atoms with Gasteiger partial charge in [-0.3, -0.25) is 9.59 Å². The van der Waals surface area contributed by atoms with Crippen LogP contribution in [0.15, 0.2) is 46.0 Å². The van der Waals surface area contributed by atoms with Crippen molar-refractivity contribution in [1.82, 2.24) is 5.43 Å². The van der Waals surface area contributed by atoms with Crippen molar-refractivity contribution in [3.05, 3.63) is 73.6 Å². The Morgan fingerprint density at radius 1 is 1.15 bits per heavy atom. The summed E-state index contributed by atoms with van der Waals surface area (Å²) in [5.41, 5.74) is 6.20. The molecule has 1 aromatic heterocycles. The second kappa shape index (κ2) is 12.9. The van der Waals surface area contributed by atoms with E-state index in [0.717, 1.165) is 40.8 Å². The maximum absolute atomic E-state index is 12.5. The SMILES string of the molecule is CCOC(=O)c1c(NC(=O)C(=O)N/N=C/c2cc(Br)c(OCc3cccc(C)c3)c(OC)c2)sc2c1CCC2. The molecule has 0 unspecified atom stereocenters. The van der Waals surface area contributed by atoms with E-state index in [1.54, 1.807) is 19.1 Å². The number of thiophene rings is 1. The number of esters is 1. The van der Waals surface area contributed by atoms with Crippen LogP contribution in [0.25, 0.3) is 0 Å². The molecule has 0 aliphatic heterocycles. The molecule has 9 nitrogen and oxygen atoms in total. The number of nitrogens with zero attached hydrogens (tertiary/aromatic N) is 1. The monoisotopic (exact) mass is 613 g/mol.